The quantitative estimate of drug-likeness (QED) is 0.632. The fourth-order valence-electron chi connectivity index (χ4n) is 2.30. The summed E-state index contributed by atoms with van der Waals surface area (Å²) in [5, 5.41) is 10.1. The summed E-state index contributed by atoms with van der Waals surface area (Å²) in [7, 11) is 1.66. The number of hydrogen-bond donors (Lipinski definition) is 1. The summed E-state index contributed by atoms with van der Waals surface area (Å²) < 4.78 is 10.2. The van der Waals surface area contributed by atoms with Gasteiger partial charge in [-0.15, -0.1) is 0 Å². The summed E-state index contributed by atoms with van der Waals surface area (Å²) in [5.74, 6) is -0.256. The van der Waals surface area contributed by atoms with Gasteiger partial charge in [-0.25, -0.2) is 0 Å². The highest BCUT2D eigenvalue weighted by atomic mass is 16.5. The van der Waals surface area contributed by atoms with Crippen molar-refractivity contribution in [3.8, 4) is 0 Å². The maximum atomic E-state index is 11.4. The van der Waals surface area contributed by atoms with E-state index in [0.29, 0.717) is 26.1 Å². The summed E-state index contributed by atoms with van der Waals surface area (Å²) >= 11 is 0. The molecule has 0 saturated heterocycles. The Bertz CT molecular complexity index is 464. The lowest BCUT2D eigenvalue weighted by molar-refractivity contribution is -0.147. The van der Waals surface area contributed by atoms with Crippen LogP contribution in [0.15, 0.2) is 24.3 Å². The summed E-state index contributed by atoms with van der Waals surface area (Å²) in [5.41, 5.74) is 2.44. The average molecular weight is 323 g/mol. The third-order valence-electron chi connectivity index (χ3n) is 3.63. The maximum Gasteiger partial charge on any atom is 0.305 e. The molecule has 23 heavy (non-hydrogen) atoms. The molecule has 0 bridgehead atoms. The van der Waals surface area contributed by atoms with Crippen LogP contribution in [0.1, 0.15) is 30.9 Å². The van der Waals surface area contributed by atoms with Crippen molar-refractivity contribution in [2.45, 2.75) is 39.3 Å². The van der Waals surface area contributed by atoms with E-state index < -0.39 is 6.10 Å². The number of benzene rings is 1. The lowest BCUT2D eigenvalue weighted by Gasteiger charge is -2.25. The van der Waals surface area contributed by atoms with Crippen LogP contribution in [-0.4, -0.2) is 55.5 Å². The molecule has 0 aliphatic rings. The SMILES string of the molecule is CCCC(=O)OC[C@@H](O)CN(CCOC)Cc1ccccc1C. The number of carbonyl (C=O) groups excluding carboxylic acids is 1. The number of methoxy groups -OCH3 is 1. The lowest BCUT2D eigenvalue weighted by Crippen LogP contribution is -2.37. The van der Waals surface area contributed by atoms with Crippen molar-refractivity contribution in [2.24, 2.45) is 0 Å². The fraction of sp³-hybridized carbons (Fsp3) is 0.611. The number of hydrogen-bond acceptors (Lipinski definition) is 5. The number of aliphatic hydroxyl groups is 1. The molecule has 0 unspecified atom stereocenters. The second kappa shape index (κ2) is 11.2. The molecular formula is C18H29NO4. The first-order chi connectivity index (χ1) is 11.1. The molecule has 0 fully saturated rings. The van der Waals surface area contributed by atoms with Gasteiger partial charge in [0.2, 0.25) is 0 Å². The normalized spacial score (nSPS) is 12.4. The molecular weight excluding hydrogens is 294 g/mol. The van der Waals surface area contributed by atoms with E-state index in [-0.39, 0.29) is 12.6 Å². The van der Waals surface area contributed by atoms with Crippen LogP contribution in [0.5, 0.6) is 0 Å². The molecule has 1 rings (SSSR count). The summed E-state index contributed by atoms with van der Waals surface area (Å²) in [6.45, 7) is 6.52. The molecule has 5 heteroatoms. The Morgan fingerprint density at radius 1 is 1.35 bits per heavy atom. The van der Waals surface area contributed by atoms with Crippen molar-refractivity contribution in [1.82, 2.24) is 4.90 Å². The second-order valence-corrected chi connectivity index (χ2v) is 5.74. The topological polar surface area (TPSA) is 59.0 Å². The maximum absolute atomic E-state index is 11.4. The molecule has 1 aromatic carbocycles. The first kappa shape index (κ1) is 19.6. The van der Waals surface area contributed by atoms with E-state index in [0.717, 1.165) is 13.0 Å². The van der Waals surface area contributed by atoms with Crippen molar-refractivity contribution < 1.29 is 19.4 Å². The van der Waals surface area contributed by atoms with Crippen LogP contribution in [0.25, 0.3) is 0 Å². The highest BCUT2D eigenvalue weighted by molar-refractivity contribution is 5.69. The van der Waals surface area contributed by atoms with E-state index in [2.05, 4.69) is 24.0 Å². The van der Waals surface area contributed by atoms with Gasteiger partial charge in [0, 0.05) is 33.2 Å². The highest BCUT2D eigenvalue weighted by Gasteiger charge is 2.15. The predicted octanol–water partition coefficient (Wildman–Crippen LogP) is 2.15. The third-order valence-corrected chi connectivity index (χ3v) is 3.63. The van der Waals surface area contributed by atoms with Crippen LogP contribution >= 0.6 is 0 Å². The molecule has 1 aromatic rings. The minimum atomic E-state index is -0.698. The lowest BCUT2D eigenvalue weighted by atomic mass is 10.1. The number of rotatable bonds is 11. The molecule has 0 aromatic heterocycles. The molecule has 1 N–H and O–H groups in total. The number of aryl methyl sites for hydroxylation is 1. The Labute approximate surface area is 139 Å². The average Bonchev–Trinajstić information content (AvgIpc) is 2.53. The van der Waals surface area contributed by atoms with Gasteiger partial charge in [-0.05, 0) is 24.5 Å². The van der Waals surface area contributed by atoms with Gasteiger partial charge in [0.15, 0.2) is 0 Å². The minimum Gasteiger partial charge on any atom is -0.463 e. The molecule has 1 atom stereocenters. The van der Waals surface area contributed by atoms with Crippen molar-refractivity contribution in [1.29, 1.82) is 0 Å². The molecule has 5 nitrogen and oxygen atoms in total. The van der Waals surface area contributed by atoms with E-state index in [1.54, 1.807) is 7.11 Å². The molecule has 0 heterocycles. The van der Waals surface area contributed by atoms with Crippen molar-refractivity contribution in [2.75, 3.05) is 33.4 Å². The third kappa shape index (κ3) is 8.11. The van der Waals surface area contributed by atoms with Gasteiger partial charge in [0.25, 0.3) is 0 Å². The Kier molecular flexibility index (Phi) is 9.52. The Balaban J connectivity index is 2.53. The van der Waals surface area contributed by atoms with Gasteiger partial charge >= 0.3 is 5.97 Å². The summed E-state index contributed by atoms with van der Waals surface area (Å²) in [6, 6.07) is 8.19. The van der Waals surface area contributed by atoms with Crippen LogP contribution in [0.2, 0.25) is 0 Å². The van der Waals surface area contributed by atoms with Gasteiger partial charge in [0.05, 0.1) is 6.61 Å². The van der Waals surface area contributed by atoms with E-state index >= 15 is 0 Å². The molecule has 0 spiro atoms. The number of ether oxygens (including phenoxy) is 2. The van der Waals surface area contributed by atoms with Gasteiger partial charge in [-0.1, -0.05) is 31.2 Å². The largest absolute Gasteiger partial charge is 0.463 e. The number of aliphatic hydroxyl groups excluding tert-OH is 1. The molecule has 130 valence electrons. The minimum absolute atomic E-state index is 0.0378. The Hall–Kier alpha value is -1.43. The predicted molar refractivity (Wildman–Crippen MR) is 90.2 cm³/mol. The standard InChI is InChI=1S/C18H29NO4/c1-4-7-18(21)23-14-17(20)13-19(10-11-22-3)12-16-9-6-5-8-15(16)2/h5-6,8-9,17,20H,4,7,10-14H2,1-3H3/t17-/m0/s1. The van der Waals surface area contributed by atoms with Crippen molar-refractivity contribution in [3.63, 3.8) is 0 Å². The van der Waals surface area contributed by atoms with Crippen LogP contribution in [0, 0.1) is 6.92 Å². The number of carbonyl (C=O) groups is 1. The molecule has 0 saturated carbocycles. The van der Waals surface area contributed by atoms with Gasteiger partial charge < -0.3 is 14.6 Å². The monoisotopic (exact) mass is 323 g/mol. The Morgan fingerprint density at radius 3 is 2.74 bits per heavy atom. The molecule has 0 radical (unpaired) electrons. The zero-order valence-corrected chi connectivity index (χ0v) is 14.5. The smallest absolute Gasteiger partial charge is 0.305 e. The van der Waals surface area contributed by atoms with E-state index in [4.69, 9.17) is 9.47 Å². The van der Waals surface area contributed by atoms with Gasteiger partial charge in [-0.2, -0.15) is 0 Å². The molecule has 0 aliphatic heterocycles. The van der Waals surface area contributed by atoms with E-state index in [1.165, 1.54) is 11.1 Å². The van der Waals surface area contributed by atoms with Crippen LogP contribution in [0.3, 0.4) is 0 Å². The number of esters is 1. The fourth-order valence-corrected chi connectivity index (χ4v) is 2.30. The van der Waals surface area contributed by atoms with Gasteiger partial charge in [0.1, 0.15) is 12.7 Å². The first-order valence-electron chi connectivity index (χ1n) is 8.16. The second-order valence-electron chi connectivity index (χ2n) is 5.74. The summed E-state index contributed by atoms with van der Waals surface area (Å²) in [6.07, 6.45) is 0.447. The van der Waals surface area contributed by atoms with E-state index in [9.17, 15) is 9.90 Å². The van der Waals surface area contributed by atoms with Crippen LogP contribution in [0.4, 0.5) is 0 Å². The van der Waals surface area contributed by atoms with Crippen LogP contribution < -0.4 is 0 Å². The van der Waals surface area contributed by atoms with Crippen LogP contribution in [-0.2, 0) is 20.8 Å². The summed E-state index contributed by atoms with van der Waals surface area (Å²) in [4.78, 5) is 13.5. The number of nitrogens with zero attached hydrogens (tertiary/aromatic N) is 1. The molecule has 0 aliphatic carbocycles. The zero-order valence-electron chi connectivity index (χ0n) is 14.5. The highest BCUT2D eigenvalue weighted by Crippen LogP contribution is 2.11. The first-order valence-corrected chi connectivity index (χ1v) is 8.16. The zero-order chi connectivity index (χ0) is 17.1. The van der Waals surface area contributed by atoms with Gasteiger partial charge in [-0.3, -0.25) is 9.69 Å². The Morgan fingerprint density at radius 2 is 2.09 bits per heavy atom. The van der Waals surface area contributed by atoms with Crippen molar-refractivity contribution in [3.05, 3.63) is 35.4 Å². The van der Waals surface area contributed by atoms with Crippen molar-refractivity contribution >= 4 is 5.97 Å². The van der Waals surface area contributed by atoms with E-state index in [1.807, 2.05) is 19.1 Å². The molecule has 0 amide bonds.